The predicted octanol–water partition coefficient (Wildman–Crippen LogP) is 3.90. The average molecular weight is 456 g/mol. The number of benzene rings is 2. The number of rotatable bonds is 3. The Bertz CT molecular complexity index is 614. The SMILES string of the molecule is CB1CCc2ccc(CC(=O)c3ccccc3)cc21.[CH3-].[CH3-].[Y].[Y]. The summed E-state index contributed by atoms with van der Waals surface area (Å²) in [6.07, 6.45) is 2.93. The number of hydrogen-bond donors (Lipinski definition) is 0. The largest absolute Gasteiger partial charge is 0.358 e. The molecule has 3 rings (SSSR count). The van der Waals surface area contributed by atoms with Crippen LogP contribution in [0.3, 0.4) is 0 Å². The summed E-state index contributed by atoms with van der Waals surface area (Å²) in [6.45, 7) is 2.91. The fraction of sp³-hybridized carbons (Fsp3) is 0.211. The van der Waals surface area contributed by atoms with Gasteiger partial charge in [0.15, 0.2) is 12.5 Å². The molecule has 2 aromatic rings. The number of fused-ring (bicyclic) bond motifs is 1. The van der Waals surface area contributed by atoms with Crippen LogP contribution in [-0.4, -0.2) is 12.5 Å². The van der Waals surface area contributed by atoms with E-state index in [1.807, 2.05) is 30.3 Å². The van der Waals surface area contributed by atoms with Crippen molar-refractivity contribution in [2.75, 3.05) is 0 Å². The van der Waals surface area contributed by atoms with Crippen LogP contribution in [0.4, 0.5) is 0 Å². The number of carbonyl (C=O) groups is 1. The van der Waals surface area contributed by atoms with Crippen LogP contribution in [0.1, 0.15) is 21.5 Å². The van der Waals surface area contributed by atoms with Crippen LogP contribution < -0.4 is 5.46 Å². The topological polar surface area (TPSA) is 17.1 Å². The molecule has 0 unspecified atom stereocenters. The minimum absolute atomic E-state index is 0. The van der Waals surface area contributed by atoms with Crippen LogP contribution >= 0.6 is 0 Å². The van der Waals surface area contributed by atoms with Gasteiger partial charge in [-0.1, -0.05) is 72.7 Å². The van der Waals surface area contributed by atoms with Crippen LogP contribution in [0.2, 0.25) is 13.1 Å². The third-order valence-electron chi connectivity index (χ3n) is 4.05. The van der Waals surface area contributed by atoms with E-state index in [2.05, 4.69) is 25.0 Å². The first-order valence-corrected chi connectivity index (χ1v) is 6.94. The fourth-order valence-corrected chi connectivity index (χ4v) is 2.88. The summed E-state index contributed by atoms with van der Waals surface area (Å²) < 4.78 is 0. The molecule has 1 heterocycles. The molecule has 0 aliphatic carbocycles. The fourth-order valence-electron chi connectivity index (χ4n) is 2.88. The monoisotopic (exact) mass is 456 g/mol. The molecule has 0 saturated heterocycles. The maximum absolute atomic E-state index is 12.2. The molecular formula is C19H23BOY2-2. The Balaban J connectivity index is 0. The number of hydrogen-bond acceptors (Lipinski definition) is 1. The minimum Gasteiger partial charge on any atom is -0.358 e. The van der Waals surface area contributed by atoms with Gasteiger partial charge in [-0.15, -0.1) is 0 Å². The average Bonchev–Trinajstić information content (AvgIpc) is 2.81. The summed E-state index contributed by atoms with van der Waals surface area (Å²) in [6, 6.07) is 16.1. The minimum atomic E-state index is 0. The van der Waals surface area contributed by atoms with Crippen molar-refractivity contribution in [2.24, 2.45) is 0 Å². The van der Waals surface area contributed by atoms with E-state index in [1.54, 1.807) is 0 Å². The summed E-state index contributed by atoms with van der Waals surface area (Å²) in [5.41, 5.74) is 4.85. The van der Waals surface area contributed by atoms with E-state index in [0.29, 0.717) is 13.1 Å². The Labute approximate surface area is 192 Å². The Morgan fingerprint density at radius 1 is 1.04 bits per heavy atom. The van der Waals surface area contributed by atoms with Gasteiger partial charge in [-0.25, -0.2) is 0 Å². The van der Waals surface area contributed by atoms with Gasteiger partial charge in [-0.3, -0.25) is 4.79 Å². The zero-order valence-electron chi connectivity index (χ0n) is 14.4. The zero-order chi connectivity index (χ0) is 13.2. The molecule has 0 fully saturated rings. The smallest absolute Gasteiger partial charge is 0.173 e. The normalized spacial score (nSPS) is 11.1. The summed E-state index contributed by atoms with van der Waals surface area (Å²) in [4.78, 5) is 12.2. The molecule has 1 nitrogen and oxygen atoms in total. The van der Waals surface area contributed by atoms with Gasteiger partial charge in [0.1, 0.15) is 0 Å². The van der Waals surface area contributed by atoms with E-state index in [1.165, 1.54) is 23.8 Å². The molecule has 0 saturated carbocycles. The second-order valence-electron chi connectivity index (χ2n) is 5.44. The number of carbonyl (C=O) groups excluding carboxylic acids is 1. The molecule has 1 aliphatic rings. The van der Waals surface area contributed by atoms with E-state index in [4.69, 9.17) is 0 Å². The maximum Gasteiger partial charge on any atom is 0.173 e. The van der Waals surface area contributed by atoms with E-state index in [-0.39, 0.29) is 86.1 Å². The second kappa shape index (κ2) is 11.9. The molecule has 0 N–H and O–H groups in total. The first kappa shape index (κ1) is 25.6. The Hall–Kier alpha value is 0.383. The Kier molecular flexibility index (Phi) is 13.2. The van der Waals surface area contributed by atoms with Crippen LogP contribution in [-0.2, 0) is 78.3 Å². The molecule has 0 amide bonds. The summed E-state index contributed by atoms with van der Waals surface area (Å²) in [5, 5.41) is 0. The van der Waals surface area contributed by atoms with Gasteiger partial charge in [0.05, 0.1) is 0 Å². The number of ketones is 1. The molecule has 0 aromatic heterocycles. The molecule has 0 atom stereocenters. The van der Waals surface area contributed by atoms with Crippen molar-refractivity contribution < 1.29 is 70.2 Å². The van der Waals surface area contributed by atoms with E-state index >= 15 is 0 Å². The molecule has 2 aromatic carbocycles. The van der Waals surface area contributed by atoms with E-state index in [0.717, 1.165) is 11.1 Å². The molecule has 2 radical (unpaired) electrons. The number of aryl methyl sites for hydroxylation is 1. The van der Waals surface area contributed by atoms with Crippen molar-refractivity contribution >= 4 is 18.0 Å². The molecule has 1 aliphatic heterocycles. The standard InChI is InChI=1S/C17H17BO.2CH3.2Y/c1-18-10-9-14-8-7-13(11-16(14)18)12-17(19)15-5-3-2-4-6-15;;;;/h2-8,11H,9-10,12H2,1H3;2*1H3;;/q;2*-1;;. The molecule has 0 bridgehead atoms. The first-order valence-electron chi connectivity index (χ1n) is 6.94. The van der Waals surface area contributed by atoms with Crippen molar-refractivity contribution in [1.82, 2.24) is 0 Å². The molecular weight excluding hydrogens is 433 g/mol. The van der Waals surface area contributed by atoms with Gasteiger partial charge in [0.2, 0.25) is 0 Å². The third-order valence-corrected chi connectivity index (χ3v) is 4.05. The van der Waals surface area contributed by atoms with Crippen molar-refractivity contribution in [2.45, 2.75) is 26.0 Å². The maximum atomic E-state index is 12.2. The Morgan fingerprint density at radius 3 is 2.35 bits per heavy atom. The van der Waals surface area contributed by atoms with Crippen LogP contribution in [0.15, 0.2) is 48.5 Å². The van der Waals surface area contributed by atoms with Crippen LogP contribution in [0, 0.1) is 14.9 Å². The Morgan fingerprint density at radius 2 is 1.70 bits per heavy atom. The molecule has 116 valence electrons. The quantitative estimate of drug-likeness (QED) is 0.390. The second-order valence-corrected chi connectivity index (χ2v) is 5.44. The van der Waals surface area contributed by atoms with Crippen LogP contribution in [0.25, 0.3) is 0 Å². The van der Waals surface area contributed by atoms with Crippen LogP contribution in [0.5, 0.6) is 0 Å². The van der Waals surface area contributed by atoms with Crippen molar-refractivity contribution in [3.8, 4) is 0 Å². The van der Waals surface area contributed by atoms with Gasteiger partial charge in [-0.2, -0.15) is 0 Å². The molecule has 23 heavy (non-hydrogen) atoms. The van der Waals surface area contributed by atoms with Crippen molar-refractivity contribution in [1.29, 1.82) is 0 Å². The number of Topliss-reactive ketones (excluding diaryl/α,β-unsaturated/α-hetero) is 1. The van der Waals surface area contributed by atoms with Gasteiger partial charge in [0, 0.05) is 77.4 Å². The van der Waals surface area contributed by atoms with Gasteiger partial charge in [0.25, 0.3) is 0 Å². The predicted molar refractivity (Wildman–Crippen MR) is 93.5 cm³/mol. The van der Waals surface area contributed by atoms with Gasteiger partial charge in [-0.05, 0) is 12.0 Å². The first-order chi connectivity index (χ1) is 9.24. The summed E-state index contributed by atoms with van der Waals surface area (Å²) >= 11 is 0. The summed E-state index contributed by atoms with van der Waals surface area (Å²) in [7, 11) is 0. The zero-order valence-corrected chi connectivity index (χ0v) is 20.1. The molecule has 4 heteroatoms. The van der Waals surface area contributed by atoms with E-state index < -0.39 is 0 Å². The van der Waals surface area contributed by atoms with Gasteiger partial charge >= 0.3 is 0 Å². The van der Waals surface area contributed by atoms with Crippen molar-refractivity contribution in [3.05, 3.63) is 80.1 Å². The third kappa shape index (κ3) is 6.31. The summed E-state index contributed by atoms with van der Waals surface area (Å²) in [5.74, 6) is 0.200. The van der Waals surface area contributed by atoms with E-state index in [9.17, 15) is 4.79 Å². The van der Waals surface area contributed by atoms with Gasteiger partial charge < -0.3 is 14.9 Å². The molecule has 0 spiro atoms. The van der Waals surface area contributed by atoms with Crippen molar-refractivity contribution in [3.63, 3.8) is 0 Å².